The average Bonchev–Trinajstić information content (AvgIpc) is 2.49. The molecule has 0 aliphatic heterocycles. The molecule has 0 saturated heterocycles. The Morgan fingerprint density at radius 1 is 1.40 bits per heavy atom. The van der Waals surface area contributed by atoms with Crippen molar-refractivity contribution in [3.8, 4) is 0 Å². The fourth-order valence-electron chi connectivity index (χ4n) is 1.49. The van der Waals surface area contributed by atoms with Gasteiger partial charge in [0.1, 0.15) is 5.52 Å². The van der Waals surface area contributed by atoms with Crippen LogP contribution in [-0.2, 0) is 6.54 Å². The zero-order chi connectivity index (χ0) is 11.0. The minimum atomic E-state index is 0.417. The lowest BCUT2D eigenvalue weighted by molar-refractivity contribution is 0.702. The molecule has 0 radical (unpaired) electrons. The van der Waals surface area contributed by atoms with Gasteiger partial charge in [0, 0.05) is 0 Å². The summed E-state index contributed by atoms with van der Waals surface area (Å²) in [6.07, 6.45) is 0. The van der Waals surface area contributed by atoms with Gasteiger partial charge in [-0.1, -0.05) is 17.4 Å². The standard InChI is InChI=1S/C10H12N4S/c1-6-3-8-9(4-7(6)2)14(13-12-8)5-10(11)15/h3-4H,5H2,1-2H3,(H2,11,15). The molecule has 0 aliphatic carbocycles. The second-order valence-electron chi connectivity index (χ2n) is 3.64. The molecule has 0 unspecified atom stereocenters. The summed E-state index contributed by atoms with van der Waals surface area (Å²) in [5.74, 6) is 0. The summed E-state index contributed by atoms with van der Waals surface area (Å²) in [6, 6.07) is 4.08. The molecule has 1 heterocycles. The highest BCUT2D eigenvalue weighted by Gasteiger charge is 2.06. The van der Waals surface area contributed by atoms with E-state index >= 15 is 0 Å². The highest BCUT2D eigenvalue weighted by atomic mass is 32.1. The molecule has 0 atom stereocenters. The third-order valence-corrected chi connectivity index (χ3v) is 2.56. The second-order valence-corrected chi connectivity index (χ2v) is 4.16. The van der Waals surface area contributed by atoms with E-state index in [1.165, 1.54) is 11.1 Å². The summed E-state index contributed by atoms with van der Waals surface area (Å²) in [4.78, 5) is 0.417. The Hall–Kier alpha value is -1.49. The third-order valence-electron chi connectivity index (χ3n) is 2.43. The number of hydrogen-bond donors (Lipinski definition) is 1. The maximum Gasteiger partial charge on any atom is 0.113 e. The molecule has 2 aromatic rings. The van der Waals surface area contributed by atoms with Crippen molar-refractivity contribution in [3.05, 3.63) is 23.3 Å². The van der Waals surface area contributed by atoms with E-state index in [1.807, 2.05) is 6.07 Å². The molecular formula is C10H12N4S. The van der Waals surface area contributed by atoms with Gasteiger partial charge in [-0.2, -0.15) is 0 Å². The number of thiocarbonyl (C=S) groups is 1. The summed E-state index contributed by atoms with van der Waals surface area (Å²) < 4.78 is 1.73. The van der Waals surface area contributed by atoms with E-state index in [0.717, 1.165) is 11.0 Å². The molecule has 0 fully saturated rings. The highest BCUT2D eigenvalue weighted by molar-refractivity contribution is 7.80. The van der Waals surface area contributed by atoms with Crippen molar-refractivity contribution in [3.63, 3.8) is 0 Å². The molecule has 0 saturated carbocycles. The summed E-state index contributed by atoms with van der Waals surface area (Å²) in [5, 5.41) is 8.09. The van der Waals surface area contributed by atoms with E-state index in [-0.39, 0.29) is 0 Å². The molecule has 78 valence electrons. The second kappa shape index (κ2) is 3.58. The minimum absolute atomic E-state index is 0.417. The smallest absolute Gasteiger partial charge is 0.113 e. The maximum atomic E-state index is 5.49. The first-order valence-corrected chi connectivity index (χ1v) is 5.07. The van der Waals surface area contributed by atoms with Crippen molar-refractivity contribution in [2.45, 2.75) is 20.4 Å². The van der Waals surface area contributed by atoms with Crippen molar-refractivity contribution < 1.29 is 0 Å². The first-order valence-electron chi connectivity index (χ1n) is 4.66. The summed E-state index contributed by atoms with van der Waals surface area (Å²) >= 11 is 4.85. The molecule has 2 N–H and O–H groups in total. The molecular weight excluding hydrogens is 208 g/mol. The van der Waals surface area contributed by atoms with Gasteiger partial charge in [-0.25, -0.2) is 4.68 Å². The largest absolute Gasteiger partial charge is 0.392 e. The van der Waals surface area contributed by atoms with E-state index in [9.17, 15) is 0 Å². The van der Waals surface area contributed by atoms with Crippen LogP contribution in [0.3, 0.4) is 0 Å². The predicted molar refractivity (Wildman–Crippen MR) is 63.8 cm³/mol. The van der Waals surface area contributed by atoms with E-state index in [4.69, 9.17) is 18.0 Å². The third kappa shape index (κ3) is 1.83. The number of aromatic nitrogens is 3. The molecule has 5 heteroatoms. The van der Waals surface area contributed by atoms with Crippen molar-refractivity contribution in [1.82, 2.24) is 15.0 Å². The SMILES string of the molecule is Cc1cc2nnn(CC(N)=S)c2cc1C. The van der Waals surface area contributed by atoms with E-state index in [2.05, 4.69) is 30.2 Å². The number of fused-ring (bicyclic) bond motifs is 1. The molecule has 15 heavy (non-hydrogen) atoms. The van der Waals surface area contributed by atoms with Crippen LogP contribution in [0, 0.1) is 13.8 Å². The number of hydrogen-bond acceptors (Lipinski definition) is 3. The molecule has 0 bridgehead atoms. The van der Waals surface area contributed by atoms with Gasteiger partial charge in [0.25, 0.3) is 0 Å². The van der Waals surface area contributed by atoms with Crippen LogP contribution in [0.2, 0.25) is 0 Å². The van der Waals surface area contributed by atoms with Gasteiger partial charge in [0.15, 0.2) is 0 Å². The van der Waals surface area contributed by atoms with Gasteiger partial charge in [-0.3, -0.25) is 0 Å². The molecule has 1 aromatic heterocycles. The fraction of sp³-hybridized carbons (Fsp3) is 0.300. The lowest BCUT2D eigenvalue weighted by atomic mass is 10.1. The van der Waals surface area contributed by atoms with Crippen molar-refractivity contribution in [1.29, 1.82) is 0 Å². The van der Waals surface area contributed by atoms with Gasteiger partial charge in [-0.05, 0) is 37.1 Å². The van der Waals surface area contributed by atoms with Crippen molar-refractivity contribution in [2.24, 2.45) is 5.73 Å². The quantitative estimate of drug-likeness (QED) is 0.776. The lowest BCUT2D eigenvalue weighted by Gasteiger charge is -2.02. The maximum absolute atomic E-state index is 5.49. The zero-order valence-corrected chi connectivity index (χ0v) is 9.51. The number of benzene rings is 1. The van der Waals surface area contributed by atoms with Crippen LogP contribution in [-0.4, -0.2) is 20.0 Å². The predicted octanol–water partition coefficient (Wildman–Crippen LogP) is 1.33. The number of rotatable bonds is 2. The van der Waals surface area contributed by atoms with Crippen LogP contribution < -0.4 is 5.73 Å². The van der Waals surface area contributed by atoms with Gasteiger partial charge >= 0.3 is 0 Å². The Labute approximate surface area is 93.1 Å². The van der Waals surface area contributed by atoms with E-state index in [1.54, 1.807) is 4.68 Å². The molecule has 0 aliphatic rings. The van der Waals surface area contributed by atoms with Crippen molar-refractivity contribution in [2.75, 3.05) is 0 Å². The highest BCUT2D eigenvalue weighted by Crippen LogP contribution is 2.16. The Morgan fingerprint density at radius 3 is 2.73 bits per heavy atom. The fourth-order valence-corrected chi connectivity index (χ4v) is 1.61. The van der Waals surface area contributed by atoms with E-state index < -0.39 is 0 Å². The zero-order valence-electron chi connectivity index (χ0n) is 8.69. The topological polar surface area (TPSA) is 56.7 Å². The Kier molecular flexibility index (Phi) is 2.40. The molecule has 0 amide bonds. The van der Waals surface area contributed by atoms with Gasteiger partial charge in [0.2, 0.25) is 0 Å². The average molecular weight is 220 g/mol. The summed E-state index contributed by atoms with van der Waals surface area (Å²) in [7, 11) is 0. The minimum Gasteiger partial charge on any atom is -0.392 e. The van der Waals surface area contributed by atoms with Crippen LogP contribution in [0.5, 0.6) is 0 Å². The van der Waals surface area contributed by atoms with Crippen LogP contribution >= 0.6 is 12.2 Å². The Bertz CT molecular complexity index is 529. The molecule has 4 nitrogen and oxygen atoms in total. The first kappa shape index (κ1) is 10.0. The Balaban J connectivity index is 2.59. The molecule has 2 rings (SSSR count). The van der Waals surface area contributed by atoms with Gasteiger partial charge in [-0.15, -0.1) is 5.10 Å². The Morgan fingerprint density at radius 2 is 2.07 bits per heavy atom. The van der Waals surface area contributed by atoms with Crippen LogP contribution in [0.1, 0.15) is 11.1 Å². The number of aryl methyl sites for hydroxylation is 2. The van der Waals surface area contributed by atoms with E-state index in [0.29, 0.717) is 11.5 Å². The molecule has 1 aromatic carbocycles. The van der Waals surface area contributed by atoms with Crippen LogP contribution in [0.15, 0.2) is 12.1 Å². The van der Waals surface area contributed by atoms with Gasteiger partial charge < -0.3 is 5.73 Å². The number of nitrogens with zero attached hydrogens (tertiary/aromatic N) is 3. The normalized spacial score (nSPS) is 10.8. The van der Waals surface area contributed by atoms with Crippen LogP contribution in [0.4, 0.5) is 0 Å². The summed E-state index contributed by atoms with van der Waals surface area (Å²) in [6.45, 7) is 4.56. The number of nitrogens with two attached hydrogens (primary N) is 1. The lowest BCUT2D eigenvalue weighted by Crippen LogP contribution is -2.17. The van der Waals surface area contributed by atoms with Gasteiger partial charge in [0.05, 0.1) is 17.0 Å². The van der Waals surface area contributed by atoms with Crippen LogP contribution in [0.25, 0.3) is 11.0 Å². The monoisotopic (exact) mass is 220 g/mol. The summed E-state index contributed by atoms with van der Waals surface area (Å²) in [5.41, 5.74) is 9.78. The van der Waals surface area contributed by atoms with Crippen molar-refractivity contribution >= 4 is 28.2 Å². The molecule has 0 spiro atoms. The first-order chi connectivity index (χ1) is 7.08.